The van der Waals surface area contributed by atoms with Gasteiger partial charge in [0.05, 0.1) is 12.2 Å². The molecule has 0 aromatic heterocycles. The average Bonchev–Trinajstić information content (AvgIpc) is 3.02. The number of ether oxygens (including phenoxy) is 2. The van der Waals surface area contributed by atoms with E-state index in [0.29, 0.717) is 18.6 Å². The zero-order valence-electron chi connectivity index (χ0n) is 14.3. The topological polar surface area (TPSA) is 68.9 Å². The number of hydrogen-bond donors (Lipinski definition) is 2. The van der Waals surface area contributed by atoms with Gasteiger partial charge in [0.25, 0.3) is 0 Å². The smallest absolute Gasteiger partial charge is 0.193 e. The first-order chi connectivity index (χ1) is 11.1. The molecule has 5 nitrogen and oxygen atoms in total. The molecular formula is C18H29N3O2. The number of anilines is 1. The van der Waals surface area contributed by atoms with Crippen LogP contribution >= 0.6 is 0 Å². The first-order valence-electron chi connectivity index (χ1n) is 8.59. The molecule has 1 fully saturated rings. The Labute approximate surface area is 139 Å². The van der Waals surface area contributed by atoms with Gasteiger partial charge in [0.1, 0.15) is 5.75 Å². The van der Waals surface area contributed by atoms with Gasteiger partial charge in [0.15, 0.2) is 5.96 Å². The van der Waals surface area contributed by atoms with Crippen LogP contribution in [0, 0.1) is 0 Å². The summed E-state index contributed by atoms with van der Waals surface area (Å²) >= 11 is 0. The molecule has 2 rings (SSSR count). The quantitative estimate of drug-likeness (QED) is 0.437. The Bertz CT molecular complexity index is 480. The van der Waals surface area contributed by atoms with Crippen molar-refractivity contribution >= 4 is 11.6 Å². The maximum absolute atomic E-state index is 5.90. The zero-order valence-corrected chi connectivity index (χ0v) is 14.3. The lowest BCUT2D eigenvalue weighted by Crippen LogP contribution is -2.23. The first kappa shape index (κ1) is 17.6. The van der Waals surface area contributed by atoms with E-state index in [2.05, 4.69) is 10.3 Å². The van der Waals surface area contributed by atoms with Crippen LogP contribution in [0.3, 0.4) is 0 Å². The van der Waals surface area contributed by atoms with E-state index in [0.717, 1.165) is 24.5 Å². The summed E-state index contributed by atoms with van der Waals surface area (Å²) in [6.07, 6.45) is 6.59. The molecule has 0 aliphatic heterocycles. The number of aliphatic imine (C=N–C) groups is 1. The van der Waals surface area contributed by atoms with Gasteiger partial charge in [-0.25, -0.2) is 0 Å². The number of guanidine groups is 1. The van der Waals surface area contributed by atoms with Crippen molar-refractivity contribution in [2.24, 2.45) is 10.7 Å². The first-order valence-corrected chi connectivity index (χ1v) is 8.59. The van der Waals surface area contributed by atoms with Crippen LogP contribution in [0.5, 0.6) is 5.75 Å². The number of rotatable bonds is 8. The second kappa shape index (κ2) is 9.40. The highest BCUT2D eigenvalue weighted by Crippen LogP contribution is 2.20. The molecule has 1 aromatic rings. The van der Waals surface area contributed by atoms with E-state index in [1.807, 2.05) is 38.1 Å². The summed E-state index contributed by atoms with van der Waals surface area (Å²) in [4.78, 5) is 4.33. The normalized spacial score (nSPS) is 16.0. The minimum Gasteiger partial charge on any atom is -0.491 e. The van der Waals surface area contributed by atoms with Crippen LogP contribution in [0.4, 0.5) is 5.69 Å². The van der Waals surface area contributed by atoms with Gasteiger partial charge in [-0.3, -0.25) is 4.99 Å². The lowest BCUT2D eigenvalue weighted by molar-refractivity contribution is 0.0579. The van der Waals surface area contributed by atoms with Crippen LogP contribution < -0.4 is 15.8 Å². The third-order valence-corrected chi connectivity index (χ3v) is 3.74. The molecule has 0 atom stereocenters. The fraction of sp³-hybridized carbons (Fsp3) is 0.611. The Kier molecular flexibility index (Phi) is 7.20. The molecule has 0 amide bonds. The van der Waals surface area contributed by atoms with Crippen LogP contribution in [-0.4, -0.2) is 31.3 Å². The summed E-state index contributed by atoms with van der Waals surface area (Å²) in [6, 6.07) is 7.71. The summed E-state index contributed by atoms with van der Waals surface area (Å²) < 4.78 is 11.4. The lowest BCUT2D eigenvalue weighted by Gasteiger charge is -2.11. The van der Waals surface area contributed by atoms with E-state index in [1.54, 1.807) is 0 Å². The highest BCUT2D eigenvalue weighted by atomic mass is 16.5. The largest absolute Gasteiger partial charge is 0.491 e. The van der Waals surface area contributed by atoms with E-state index in [1.165, 1.54) is 25.7 Å². The molecule has 0 spiro atoms. The third kappa shape index (κ3) is 6.91. The van der Waals surface area contributed by atoms with Gasteiger partial charge >= 0.3 is 0 Å². The van der Waals surface area contributed by atoms with Gasteiger partial charge in [-0.05, 0) is 57.4 Å². The van der Waals surface area contributed by atoms with Crippen molar-refractivity contribution in [1.29, 1.82) is 0 Å². The summed E-state index contributed by atoms with van der Waals surface area (Å²) in [5, 5.41) is 3.09. The third-order valence-electron chi connectivity index (χ3n) is 3.74. The van der Waals surface area contributed by atoms with E-state index >= 15 is 0 Å². The van der Waals surface area contributed by atoms with Gasteiger partial charge in [0.2, 0.25) is 0 Å². The summed E-state index contributed by atoms with van der Waals surface area (Å²) in [5.74, 6) is 1.29. The van der Waals surface area contributed by atoms with Gasteiger partial charge in [-0.15, -0.1) is 0 Å². The maximum atomic E-state index is 5.90. The van der Waals surface area contributed by atoms with Gasteiger partial charge in [-0.1, -0.05) is 12.8 Å². The Balaban J connectivity index is 1.65. The van der Waals surface area contributed by atoms with Crippen LogP contribution in [0.15, 0.2) is 29.3 Å². The van der Waals surface area contributed by atoms with E-state index < -0.39 is 0 Å². The minimum atomic E-state index is 0.173. The minimum absolute atomic E-state index is 0.173. The van der Waals surface area contributed by atoms with Gasteiger partial charge in [0, 0.05) is 18.8 Å². The van der Waals surface area contributed by atoms with Crippen molar-refractivity contribution in [3.8, 4) is 5.75 Å². The molecule has 5 heteroatoms. The predicted molar refractivity (Wildman–Crippen MR) is 95.1 cm³/mol. The lowest BCUT2D eigenvalue weighted by atomic mass is 10.3. The molecule has 0 heterocycles. The number of hydrogen-bond acceptors (Lipinski definition) is 3. The van der Waals surface area contributed by atoms with Crippen molar-refractivity contribution in [1.82, 2.24) is 0 Å². The molecule has 1 aliphatic carbocycles. The van der Waals surface area contributed by atoms with Crippen molar-refractivity contribution in [2.75, 3.05) is 18.5 Å². The number of nitrogens with zero attached hydrogens (tertiary/aromatic N) is 1. The second-order valence-corrected chi connectivity index (χ2v) is 6.21. The van der Waals surface area contributed by atoms with Crippen LogP contribution in [0.1, 0.15) is 46.0 Å². The van der Waals surface area contributed by atoms with E-state index in [-0.39, 0.29) is 6.10 Å². The number of nitrogens with one attached hydrogen (secondary N) is 1. The van der Waals surface area contributed by atoms with Crippen molar-refractivity contribution in [3.05, 3.63) is 24.3 Å². The molecule has 1 aliphatic rings. The van der Waals surface area contributed by atoms with Gasteiger partial charge < -0.3 is 20.5 Å². The van der Waals surface area contributed by atoms with Crippen LogP contribution in [0.25, 0.3) is 0 Å². The highest BCUT2D eigenvalue weighted by Gasteiger charge is 2.14. The molecule has 1 aromatic carbocycles. The van der Waals surface area contributed by atoms with Crippen LogP contribution in [0.2, 0.25) is 0 Å². The van der Waals surface area contributed by atoms with Crippen molar-refractivity contribution < 1.29 is 9.47 Å². The molecule has 3 N–H and O–H groups in total. The SMILES string of the molecule is CC(C)Oc1ccc(NC(N)=NCCCOC2CCCC2)cc1. The summed E-state index contributed by atoms with van der Waals surface area (Å²) in [7, 11) is 0. The molecule has 1 saturated carbocycles. The monoisotopic (exact) mass is 319 g/mol. The maximum Gasteiger partial charge on any atom is 0.193 e. The fourth-order valence-corrected chi connectivity index (χ4v) is 2.65. The predicted octanol–water partition coefficient (Wildman–Crippen LogP) is 3.55. The molecule has 0 bridgehead atoms. The average molecular weight is 319 g/mol. The van der Waals surface area contributed by atoms with Crippen molar-refractivity contribution in [2.45, 2.75) is 58.2 Å². The fourth-order valence-electron chi connectivity index (χ4n) is 2.65. The molecule has 128 valence electrons. The standard InChI is InChI=1S/C18H29N3O2/c1-14(2)23-17-10-8-15(9-11-17)21-18(19)20-12-5-13-22-16-6-3-4-7-16/h8-11,14,16H,3-7,12-13H2,1-2H3,(H3,19,20,21). The van der Waals surface area contributed by atoms with E-state index in [9.17, 15) is 0 Å². The van der Waals surface area contributed by atoms with Gasteiger partial charge in [-0.2, -0.15) is 0 Å². The summed E-state index contributed by atoms with van der Waals surface area (Å²) in [5.41, 5.74) is 6.80. The number of nitrogens with two attached hydrogens (primary N) is 1. The Morgan fingerprint density at radius 1 is 1.26 bits per heavy atom. The van der Waals surface area contributed by atoms with Crippen molar-refractivity contribution in [3.63, 3.8) is 0 Å². The second-order valence-electron chi connectivity index (χ2n) is 6.21. The Hall–Kier alpha value is -1.75. The highest BCUT2D eigenvalue weighted by molar-refractivity contribution is 5.92. The molecule has 23 heavy (non-hydrogen) atoms. The Morgan fingerprint density at radius 2 is 1.96 bits per heavy atom. The van der Waals surface area contributed by atoms with E-state index in [4.69, 9.17) is 15.2 Å². The molecular weight excluding hydrogens is 290 g/mol. The summed E-state index contributed by atoms with van der Waals surface area (Å²) in [6.45, 7) is 5.46. The zero-order chi connectivity index (χ0) is 16.5. The molecule has 0 unspecified atom stereocenters. The molecule has 0 saturated heterocycles. The molecule has 0 radical (unpaired) electrons. The van der Waals surface area contributed by atoms with Crippen LogP contribution in [-0.2, 0) is 4.74 Å². The Morgan fingerprint density at radius 3 is 2.61 bits per heavy atom. The number of benzene rings is 1.